The number of hydrogen-bond donors (Lipinski definition) is 1. The van der Waals surface area contributed by atoms with Gasteiger partial charge < -0.3 is 10.0 Å². The van der Waals surface area contributed by atoms with Gasteiger partial charge in [-0.3, -0.25) is 4.18 Å². The van der Waals surface area contributed by atoms with Crippen molar-refractivity contribution in [2.45, 2.75) is 18.8 Å². The summed E-state index contributed by atoms with van der Waals surface area (Å²) < 4.78 is 52.8. The van der Waals surface area contributed by atoms with E-state index in [0.29, 0.717) is 0 Å². The molecule has 6 nitrogen and oxygen atoms in total. The molecule has 0 saturated carbocycles. The Hall–Kier alpha value is -0.960. The van der Waals surface area contributed by atoms with E-state index < -0.39 is 34.5 Å². The molecule has 1 N–H and O–H groups in total. The first-order valence-corrected chi connectivity index (χ1v) is 7.13. The van der Waals surface area contributed by atoms with E-state index in [4.69, 9.17) is 5.11 Å². The lowest BCUT2D eigenvalue weighted by molar-refractivity contribution is -0.105. The summed E-state index contributed by atoms with van der Waals surface area (Å²) >= 11 is 0. The van der Waals surface area contributed by atoms with Crippen LogP contribution in [0.5, 0.6) is 0 Å². The number of rotatable bonds is 4. The first kappa shape index (κ1) is 15.1. The normalized spacial score (nSPS) is 23.9. The standard InChI is InChI=1S/C9H15F2NO5S/c1-18(15,16)17-5-2-7-6-12(8(13)14)4-3-9(7,10)11/h7H,2-6H2,1H3,(H,13,14). The second kappa shape index (κ2) is 5.35. The van der Waals surface area contributed by atoms with Crippen molar-refractivity contribution in [2.75, 3.05) is 26.0 Å². The lowest BCUT2D eigenvalue weighted by atomic mass is 9.91. The van der Waals surface area contributed by atoms with Gasteiger partial charge in [0, 0.05) is 25.4 Å². The number of amides is 1. The molecule has 1 atom stereocenters. The second-order valence-electron chi connectivity index (χ2n) is 4.25. The van der Waals surface area contributed by atoms with Crippen molar-refractivity contribution in [1.82, 2.24) is 4.90 Å². The summed E-state index contributed by atoms with van der Waals surface area (Å²) in [6.07, 6.45) is -1.18. The van der Waals surface area contributed by atoms with Crippen LogP contribution in [0.4, 0.5) is 13.6 Å². The molecule has 0 bridgehead atoms. The maximum Gasteiger partial charge on any atom is 0.407 e. The summed E-state index contributed by atoms with van der Waals surface area (Å²) in [5.74, 6) is -4.21. The summed E-state index contributed by atoms with van der Waals surface area (Å²) in [6, 6.07) is 0. The van der Waals surface area contributed by atoms with Crippen LogP contribution in [0.25, 0.3) is 0 Å². The Morgan fingerprint density at radius 1 is 1.56 bits per heavy atom. The van der Waals surface area contributed by atoms with E-state index in [2.05, 4.69) is 4.18 Å². The smallest absolute Gasteiger partial charge is 0.407 e. The van der Waals surface area contributed by atoms with Crippen LogP contribution >= 0.6 is 0 Å². The number of likely N-dealkylation sites (tertiary alicyclic amines) is 1. The Labute approximate surface area is 104 Å². The molecular formula is C9H15F2NO5S. The topological polar surface area (TPSA) is 83.9 Å². The van der Waals surface area contributed by atoms with Gasteiger partial charge in [0.05, 0.1) is 12.9 Å². The van der Waals surface area contributed by atoms with Crippen molar-refractivity contribution in [3.63, 3.8) is 0 Å². The molecule has 0 aromatic heterocycles. The fourth-order valence-corrected chi connectivity index (χ4v) is 2.20. The Morgan fingerprint density at radius 2 is 2.17 bits per heavy atom. The van der Waals surface area contributed by atoms with Crippen LogP contribution in [-0.2, 0) is 14.3 Å². The fraction of sp³-hybridized carbons (Fsp3) is 0.889. The number of carbonyl (C=O) groups is 1. The Bertz CT molecular complexity index is 411. The number of piperidine rings is 1. The van der Waals surface area contributed by atoms with Crippen molar-refractivity contribution in [3.05, 3.63) is 0 Å². The Morgan fingerprint density at radius 3 is 2.67 bits per heavy atom. The number of halogens is 2. The molecule has 1 amide bonds. The lowest BCUT2D eigenvalue weighted by Crippen LogP contribution is -2.49. The molecular weight excluding hydrogens is 272 g/mol. The molecule has 1 saturated heterocycles. The highest BCUT2D eigenvalue weighted by Crippen LogP contribution is 2.35. The van der Waals surface area contributed by atoms with Gasteiger partial charge >= 0.3 is 6.09 Å². The molecule has 1 rings (SSSR count). The van der Waals surface area contributed by atoms with Gasteiger partial charge in [0.2, 0.25) is 0 Å². The van der Waals surface area contributed by atoms with E-state index >= 15 is 0 Å². The molecule has 0 aliphatic carbocycles. The number of alkyl halides is 2. The number of nitrogens with zero attached hydrogens (tertiary/aromatic N) is 1. The molecule has 9 heteroatoms. The quantitative estimate of drug-likeness (QED) is 0.779. The average molecular weight is 287 g/mol. The van der Waals surface area contributed by atoms with Crippen LogP contribution in [-0.4, -0.2) is 56.4 Å². The largest absolute Gasteiger partial charge is 0.465 e. The van der Waals surface area contributed by atoms with Crippen molar-refractivity contribution in [2.24, 2.45) is 5.92 Å². The maximum absolute atomic E-state index is 13.5. The van der Waals surface area contributed by atoms with Crippen LogP contribution in [0.3, 0.4) is 0 Å². The second-order valence-corrected chi connectivity index (χ2v) is 5.90. The molecule has 0 aromatic rings. The zero-order valence-corrected chi connectivity index (χ0v) is 10.6. The SMILES string of the molecule is CS(=O)(=O)OCCC1CN(C(=O)O)CCC1(F)F. The molecule has 1 aliphatic heterocycles. The zero-order valence-electron chi connectivity index (χ0n) is 9.80. The van der Waals surface area contributed by atoms with Gasteiger partial charge in [-0.05, 0) is 6.42 Å². The van der Waals surface area contributed by atoms with Crippen LogP contribution in [0.1, 0.15) is 12.8 Å². The van der Waals surface area contributed by atoms with Crippen molar-refractivity contribution in [1.29, 1.82) is 0 Å². The summed E-state index contributed by atoms with van der Waals surface area (Å²) in [5.41, 5.74) is 0. The van der Waals surface area contributed by atoms with Crippen molar-refractivity contribution in [3.8, 4) is 0 Å². The molecule has 0 spiro atoms. The first-order valence-electron chi connectivity index (χ1n) is 5.32. The molecule has 0 aromatic carbocycles. The van der Waals surface area contributed by atoms with Crippen LogP contribution in [0, 0.1) is 5.92 Å². The van der Waals surface area contributed by atoms with Gasteiger partial charge in [-0.2, -0.15) is 8.42 Å². The molecule has 1 aliphatic rings. The summed E-state index contributed by atoms with van der Waals surface area (Å²) in [7, 11) is -3.67. The average Bonchev–Trinajstić information content (AvgIpc) is 2.18. The highest BCUT2D eigenvalue weighted by atomic mass is 32.2. The van der Waals surface area contributed by atoms with E-state index in [0.717, 1.165) is 11.2 Å². The predicted molar refractivity (Wildman–Crippen MR) is 58.1 cm³/mol. The first-order chi connectivity index (χ1) is 8.12. The van der Waals surface area contributed by atoms with Crippen molar-refractivity contribution < 1.29 is 31.3 Å². The summed E-state index contributed by atoms with van der Waals surface area (Å²) in [6.45, 7) is -0.895. The third-order valence-corrected chi connectivity index (χ3v) is 3.38. The molecule has 1 fully saturated rings. The van der Waals surface area contributed by atoms with Gasteiger partial charge in [0.15, 0.2) is 0 Å². The molecule has 1 heterocycles. The minimum Gasteiger partial charge on any atom is -0.465 e. The highest BCUT2D eigenvalue weighted by molar-refractivity contribution is 7.85. The van der Waals surface area contributed by atoms with Gasteiger partial charge in [0.25, 0.3) is 16.0 Å². The van der Waals surface area contributed by atoms with Gasteiger partial charge in [-0.15, -0.1) is 0 Å². The Kier molecular flexibility index (Phi) is 4.49. The minimum atomic E-state index is -3.67. The van der Waals surface area contributed by atoms with Crippen molar-refractivity contribution >= 4 is 16.2 Å². The van der Waals surface area contributed by atoms with Crippen LogP contribution < -0.4 is 0 Å². The number of carboxylic acid groups (broad SMARTS) is 1. The minimum absolute atomic E-state index is 0.205. The van der Waals surface area contributed by atoms with E-state index in [1.165, 1.54) is 0 Å². The van der Waals surface area contributed by atoms with Crippen LogP contribution in [0.15, 0.2) is 0 Å². The van der Waals surface area contributed by atoms with Gasteiger partial charge in [-0.25, -0.2) is 13.6 Å². The van der Waals surface area contributed by atoms with E-state index in [1.807, 2.05) is 0 Å². The molecule has 18 heavy (non-hydrogen) atoms. The fourth-order valence-electron chi connectivity index (χ4n) is 1.80. The summed E-state index contributed by atoms with van der Waals surface area (Å²) in [5, 5.41) is 8.73. The van der Waals surface area contributed by atoms with Crippen LogP contribution in [0.2, 0.25) is 0 Å². The summed E-state index contributed by atoms with van der Waals surface area (Å²) in [4.78, 5) is 11.6. The third kappa shape index (κ3) is 4.37. The monoisotopic (exact) mass is 287 g/mol. The third-order valence-electron chi connectivity index (χ3n) is 2.79. The molecule has 106 valence electrons. The lowest BCUT2D eigenvalue weighted by Gasteiger charge is -2.36. The van der Waals surface area contributed by atoms with Gasteiger partial charge in [0.1, 0.15) is 0 Å². The molecule has 1 unspecified atom stereocenters. The molecule has 0 radical (unpaired) electrons. The Balaban J connectivity index is 2.56. The van der Waals surface area contributed by atoms with E-state index in [-0.39, 0.29) is 26.1 Å². The zero-order chi connectivity index (χ0) is 14.0. The number of hydrogen-bond acceptors (Lipinski definition) is 4. The maximum atomic E-state index is 13.5. The van der Waals surface area contributed by atoms with Gasteiger partial charge in [-0.1, -0.05) is 0 Å². The van der Waals surface area contributed by atoms with E-state index in [9.17, 15) is 22.0 Å². The predicted octanol–water partition coefficient (Wildman–Crippen LogP) is 0.988. The van der Waals surface area contributed by atoms with E-state index in [1.54, 1.807) is 0 Å². The highest BCUT2D eigenvalue weighted by Gasteiger charge is 2.44.